The van der Waals surface area contributed by atoms with Crippen LogP contribution < -0.4 is 0 Å². The normalized spacial score (nSPS) is 10.0. The second-order valence-electron chi connectivity index (χ2n) is 29.6. The Morgan fingerprint density at radius 3 is 0.630 bits per heavy atom. The Bertz CT molecular complexity index is 4970. The molecule has 622 valence electrons. The minimum absolute atomic E-state index is 0. The molecule has 119 heavy (non-hydrogen) atoms. The van der Waals surface area contributed by atoms with E-state index >= 15 is 0 Å². The van der Waals surface area contributed by atoms with Crippen LogP contribution in [0.2, 0.25) is 0 Å². The minimum Gasteiger partial charge on any atom is -0.412 e. The lowest BCUT2D eigenvalue weighted by Crippen LogP contribution is -1.93. The van der Waals surface area contributed by atoms with Crippen molar-refractivity contribution in [3.8, 4) is 91.2 Å². The van der Waals surface area contributed by atoms with E-state index in [1.165, 1.54) is 180 Å². The van der Waals surface area contributed by atoms with Crippen LogP contribution in [0.15, 0.2) is 280 Å². The summed E-state index contributed by atoms with van der Waals surface area (Å²) in [5.41, 5.74) is 28.2. The zero-order valence-corrected chi connectivity index (χ0v) is 70.8. The van der Waals surface area contributed by atoms with Gasteiger partial charge in [-0.3, -0.25) is 0 Å². The van der Waals surface area contributed by atoms with Crippen molar-refractivity contribution in [2.45, 2.75) is 233 Å². The van der Waals surface area contributed by atoms with E-state index < -0.39 is 0 Å². The zero-order valence-electron chi connectivity index (χ0n) is 70.8. The van der Waals surface area contributed by atoms with Crippen molar-refractivity contribution in [1.82, 2.24) is 29.9 Å². The summed E-state index contributed by atoms with van der Waals surface area (Å²) in [5.74, 6) is 15.3. The molecular formula is C111H136N6O2. The first-order chi connectivity index (χ1) is 56.0. The molecule has 8 heteroatoms. The number of benzene rings is 10. The van der Waals surface area contributed by atoms with Gasteiger partial charge in [-0.15, -0.1) is 0 Å². The molecule has 13 aromatic rings. The zero-order chi connectivity index (χ0) is 80.2. The Labute approximate surface area is 718 Å². The van der Waals surface area contributed by atoms with Gasteiger partial charge in [0.15, 0.2) is 17.5 Å². The highest BCUT2D eigenvalue weighted by Gasteiger charge is 2.09. The van der Waals surface area contributed by atoms with Crippen molar-refractivity contribution in [3.05, 3.63) is 358 Å². The number of aryl methyl sites for hydroxylation is 10. The molecule has 0 unspecified atom stereocenters. The quantitative estimate of drug-likeness (QED) is 0.0353. The second kappa shape index (κ2) is 56.8. The van der Waals surface area contributed by atoms with Gasteiger partial charge in [0, 0.05) is 76.1 Å². The van der Waals surface area contributed by atoms with Crippen LogP contribution in [-0.2, 0) is 57.8 Å². The number of nitrogens with zero attached hydrogens (tertiary/aromatic N) is 6. The van der Waals surface area contributed by atoms with E-state index in [2.05, 4.69) is 359 Å². The Kier molecular flexibility index (Phi) is 47.6. The molecule has 0 aliphatic heterocycles. The summed E-state index contributed by atoms with van der Waals surface area (Å²) in [4.78, 5) is 26.9. The van der Waals surface area contributed by atoms with Gasteiger partial charge < -0.3 is 11.0 Å². The molecule has 13 rings (SSSR count). The van der Waals surface area contributed by atoms with Gasteiger partial charge >= 0.3 is 0 Å². The second-order valence-corrected chi connectivity index (χ2v) is 29.6. The van der Waals surface area contributed by atoms with E-state index in [0.29, 0.717) is 0 Å². The van der Waals surface area contributed by atoms with Crippen molar-refractivity contribution < 1.29 is 11.0 Å². The molecule has 0 bridgehead atoms. The highest BCUT2D eigenvalue weighted by atomic mass is 16.0. The minimum atomic E-state index is 0. The van der Waals surface area contributed by atoms with Crippen LogP contribution in [0.1, 0.15) is 246 Å². The van der Waals surface area contributed by atoms with E-state index in [4.69, 9.17) is 0 Å². The van der Waals surface area contributed by atoms with E-state index in [1.807, 2.05) is 44.1 Å². The molecule has 0 saturated heterocycles. The SMILES string of the molecule is C.C.C.CCCCCc1ccc(C#Cc2ccc(CC)cc2)cc1.CCCCCc1cnc(-c2ccc(-c3ccc(CCC)cc3)cc2)nc1.CCCCc1ccc(C#Cc2ccc(CC)cc2)cc1.CCCCc1cnc(-c2ccc(-c3ccc(CCC)cc3)cc2)nc1.CCCc1ccc(-c2ccc(-c3ncc(C)cn3)cc2)cc1.O.O. The highest BCUT2D eigenvalue weighted by Crippen LogP contribution is 2.28. The molecule has 8 nitrogen and oxygen atoms in total. The predicted octanol–water partition coefficient (Wildman–Crippen LogP) is 28.3. The summed E-state index contributed by atoms with van der Waals surface area (Å²) < 4.78 is 0. The third-order valence-corrected chi connectivity index (χ3v) is 20.2. The molecule has 0 spiro atoms. The van der Waals surface area contributed by atoms with Gasteiger partial charge in [-0.1, -0.05) is 360 Å². The molecule has 4 N–H and O–H groups in total. The van der Waals surface area contributed by atoms with Crippen LogP contribution in [0.5, 0.6) is 0 Å². The summed E-state index contributed by atoms with van der Waals surface area (Å²) in [5, 5.41) is 0. The fraction of sp³-hybridized carbons (Fsp3) is 0.315. The summed E-state index contributed by atoms with van der Waals surface area (Å²) in [6, 6.07) is 86.4. The average Bonchev–Trinajstić information content (AvgIpc) is 0.844. The molecule has 0 aliphatic rings. The number of rotatable bonds is 28. The molecule has 0 saturated carbocycles. The van der Waals surface area contributed by atoms with Crippen LogP contribution in [0, 0.1) is 30.6 Å². The van der Waals surface area contributed by atoms with Gasteiger partial charge in [0.25, 0.3) is 0 Å². The molecule has 0 atom stereocenters. The third-order valence-electron chi connectivity index (χ3n) is 20.2. The third kappa shape index (κ3) is 34.5. The van der Waals surface area contributed by atoms with Gasteiger partial charge in [-0.2, -0.15) is 0 Å². The first-order valence-corrected chi connectivity index (χ1v) is 42.4. The van der Waals surface area contributed by atoms with Crippen LogP contribution in [0.25, 0.3) is 67.5 Å². The summed E-state index contributed by atoms with van der Waals surface area (Å²) in [6.07, 6.45) is 37.7. The van der Waals surface area contributed by atoms with Gasteiger partial charge in [-0.25, -0.2) is 29.9 Å². The Morgan fingerprint density at radius 2 is 0.387 bits per heavy atom. The lowest BCUT2D eigenvalue weighted by atomic mass is 10.0. The molecule has 10 aromatic carbocycles. The van der Waals surface area contributed by atoms with E-state index in [9.17, 15) is 0 Å². The van der Waals surface area contributed by atoms with Gasteiger partial charge in [-0.05, 0) is 228 Å². The largest absolute Gasteiger partial charge is 0.412 e. The molecule has 3 aromatic heterocycles. The first kappa shape index (κ1) is 99.8. The lowest BCUT2D eigenvalue weighted by Gasteiger charge is -2.06. The number of hydrogen-bond donors (Lipinski definition) is 0. The van der Waals surface area contributed by atoms with Crippen molar-refractivity contribution in [2.75, 3.05) is 0 Å². The molecule has 0 amide bonds. The Balaban J connectivity index is 0.000000310. The fourth-order valence-corrected chi connectivity index (χ4v) is 13.1. The summed E-state index contributed by atoms with van der Waals surface area (Å²) in [7, 11) is 0. The fourth-order valence-electron chi connectivity index (χ4n) is 13.1. The van der Waals surface area contributed by atoms with Gasteiger partial charge in [0.2, 0.25) is 0 Å². The number of aromatic nitrogens is 6. The highest BCUT2D eigenvalue weighted by molar-refractivity contribution is 5.70. The summed E-state index contributed by atoms with van der Waals surface area (Å²) >= 11 is 0. The van der Waals surface area contributed by atoms with E-state index in [0.717, 1.165) is 107 Å². The molecule has 0 fully saturated rings. The van der Waals surface area contributed by atoms with Crippen LogP contribution >= 0.6 is 0 Å². The maximum atomic E-state index is 4.55. The molecule has 0 aliphatic carbocycles. The van der Waals surface area contributed by atoms with Crippen LogP contribution in [0.4, 0.5) is 0 Å². The monoisotopic (exact) mass is 1590 g/mol. The van der Waals surface area contributed by atoms with Crippen LogP contribution in [-0.4, -0.2) is 40.9 Å². The molecule has 0 radical (unpaired) electrons. The van der Waals surface area contributed by atoms with Crippen molar-refractivity contribution in [3.63, 3.8) is 0 Å². The lowest BCUT2D eigenvalue weighted by molar-refractivity contribution is 0.714. The van der Waals surface area contributed by atoms with Crippen LogP contribution in [0.3, 0.4) is 0 Å². The smallest absolute Gasteiger partial charge is 0.159 e. The standard InChI is InChI=1S/C24H28N2.C23H26N2.C21H24.C20H20N2.C20H22.3CH4.2H2O/c1-3-5-6-8-20-17-25-24(26-18-20)23-15-13-22(14-16-23)21-11-9-19(7-4-2)10-12-21;1-3-5-7-19-16-24-23(25-17-19)22-14-12-21(13-15-22)20-10-8-18(6-4-2)9-11-20;1-3-5-6-7-19-12-14-21(15-13-19)17-16-20-10-8-18(4-2)9-11-20;1-3-4-16-5-7-17(8-6-16)18-9-11-19(12-10-18)20-21-13-15(2)14-22-20;1-3-5-6-18-11-13-20(14-12-18)16-15-19-9-7-17(4-2)8-10-19;;;;;/h9-18H,3-8H2,1-2H3;8-17H,3-7H2,1-2H3;8-15H,3-7H2,1-2H3;5-14H,3-4H2,1-2H3;7-14H,3-6H2,1-2H3;3*1H4;2*1H2. The Hall–Kier alpha value is -11.5. The first-order valence-electron chi connectivity index (χ1n) is 42.4. The van der Waals surface area contributed by atoms with Crippen molar-refractivity contribution in [2.24, 2.45) is 0 Å². The molecule has 3 heterocycles. The van der Waals surface area contributed by atoms with E-state index in [1.54, 1.807) is 0 Å². The van der Waals surface area contributed by atoms with Crippen molar-refractivity contribution in [1.29, 1.82) is 0 Å². The topological polar surface area (TPSA) is 140 Å². The number of hydrogen-bond acceptors (Lipinski definition) is 6. The average molecular weight is 1590 g/mol. The van der Waals surface area contributed by atoms with Crippen molar-refractivity contribution >= 4 is 0 Å². The Morgan fingerprint density at radius 1 is 0.193 bits per heavy atom. The number of unbranched alkanes of at least 4 members (excludes halogenated alkanes) is 6. The van der Waals surface area contributed by atoms with Gasteiger partial charge in [0.05, 0.1) is 0 Å². The maximum Gasteiger partial charge on any atom is 0.159 e. The van der Waals surface area contributed by atoms with E-state index in [-0.39, 0.29) is 33.2 Å². The predicted molar refractivity (Wildman–Crippen MR) is 513 cm³/mol. The molecular weight excluding hydrogens is 1450 g/mol. The van der Waals surface area contributed by atoms with Gasteiger partial charge in [0.1, 0.15) is 0 Å². The maximum absolute atomic E-state index is 4.55. The summed E-state index contributed by atoms with van der Waals surface area (Å²) in [6.45, 7) is 21.9.